The summed E-state index contributed by atoms with van der Waals surface area (Å²) in [7, 11) is 0. The number of primary amides is 1. The number of carbonyl (C=O) groups is 1. The highest BCUT2D eigenvalue weighted by Gasteiger charge is 2.21. The molecular weight excluding hydrogens is 322 g/mol. The van der Waals surface area contributed by atoms with Gasteiger partial charge >= 0.3 is 0 Å². The highest BCUT2D eigenvalue weighted by Crippen LogP contribution is 2.34. The molecule has 0 aliphatic heterocycles. The van der Waals surface area contributed by atoms with Gasteiger partial charge in [-0.3, -0.25) is 9.59 Å². The highest BCUT2D eigenvalue weighted by atomic mass is 16.4. The Kier molecular flexibility index (Phi) is 3.96. The van der Waals surface area contributed by atoms with Gasteiger partial charge in [-0.15, -0.1) is 0 Å². The second-order valence-corrected chi connectivity index (χ2v) is 6.06. The Morgan fingerprint density at radius 2 is 2.00 bits per heavy atom. The molecule has 0 radical (unpaired) electrons. The van der Waals surface area contributed by atoms with Crippen molar-refractivity contribution < 1.29 is 19.4 Å². The van der Waals surface area contributed by atoms with Crippen LogP contribution in [0.2, 0.25) is 0 Å². The summed E-state index contributed by atoms with van der Waals surface area (Å²) in [5, 5.41) is 20.7. The first-order valence-corrected chi connectivity index (χ1v) is 7.67. The second-order valence-electron chi connectivity index (χ2n) is 6.06. The van der Waals surface area contributed by atoms with Gasteiger partial charge in [0.1, 0.15) is 16.7 Å². The zero-order valence-electron chi connectivity index (χ0n) is 13.8. The van der Waals surface area contributed by atoms with Crippen molar-refractivity contribution >= 4 is 27.8 Å². The zero-order chi connectivity index (χ0) is 18.3. The molecule has 128 valence electrons. The molecule has 25 heavy (non-hydrogen) atoms. The molecule has 6 nitrogen and oxygen atoms in total. The summed E-state index contributed by atoms with van der Waals surface area (Å²) >= 11 is 0. The monoisotopic (exact) mass is 339 g/mol. The minimum absolute atomic E-state index is 0.00753. The Morgan fingerprint density at radius 1 is 1.28 bits per heavy atom. The fourth-order valence-electron chi connectivity index (χ4n) is 2.77. The summed E-state index contributed by atoms with van der Waals surface area (Å²) in [6.45, 7) is 3.76. The first-order chi connectivity index (χ1) is 11.8. The highest BCUT2D eigenvalue weighted by molar-refractivity contribution is 6.03. The first-order valence-electron chi connectivity index (χ1n) is 7.67. The third kappa shape index (κ3) is 2.71. The van der Waals surface area contributed by atoms with Crippen molar-refractivity contribution in [2.45, 2.75) is 20.3 Å². The van der Waals surface area contributed by atoms with Gasteiger partial charge in [-0.2, -0.15) is 0 Å². The minimum atomic E-state index is -0.741. The van der Waals surface area contributed by atoms with E-state index in [4.69, 9.17) is 10.2 Å². The third-order valence-electron chi connectivity index (χ3n) is 4.03. The Hall–Kier alpha value is -3.28. The van der Waals surface area contributed by atoms with Gasteiger partial charge in [-0.1, -0.05) is 17.7 Å². The lowest BCUT2D eigenvalue weighted by atomic mass is 9.97. The van der Waals surface area contributed by atoms with Gasteiger partial charge in [-0.25, -0.2) is 0 Å². The van der Waals surface area contributed by atoms with Crippen LogP contribution in [-0.2, 0) is 6.42 Å². The molecule has 0 atom stereocenters. The van der Waals surface area contributed by atoms with Crippen LogP contribution in [0.1, 0.15) is 29.8 Å². The van der Waals surface area contributed by atoms with Gasteiger partial charge in [0.05, 0.1) is 10.9 Å². The van der Waals surface area contributed by atoms with E-state index in [-0.39, 0.29) is 51.0 Å². The molecule has 0 saturated carbocycles. The Morgan fingerprint density at radius 3 is 2.64 bits per heavy atom. The number of carbonyl (C=O) groups excluding carboxylic acids is 1. The van der Waals surface area contributed by atoms with Crippen LogP contribution in [0.4, 0.5) is 0 Å². The summed E-state index contributed by atoms with van der Waals surface area (Å²) in [4.78, 5) is 24.6. The zero-order valence-corrected chi connectivity index (χ0v) is 13.8. The maximum Gasteiger partial charge on any atom is 0.249 e. The van der Waals surface area contributed by atoms with Crippen LogP contribution in [0.15, 0.2) is 45.1 Å². The third-order valence-corrected chi connectivity index (χ3v) is 4.03. The number of benzene rings is 2. The van der Waals surface area contributed by atoms with Crippen LogP contribution in [0, 0.1) is 0 Å². The number of nitrogens with two attached hydrogens (primary N) is 1. The number of rotatable bonds is 3. The van der Waals surface area contributed by atoms with Crippen molar-refractivity contribution in [3.8, 4) is 11.5 Å². The molecule has 3 aromatic rings. The fraction of sp³-hybridized carbons (Fsp3) is 0.158. The van der Waals surface area contributed by atoms with Crippen LogP contribution in [0.3, 0.4) is 0 Å². The smallest absolute Gasteiger partial charge is 0.249 e. The summed E-state index contributed by atoms with van der Waals surface area (Å²) in [6, 6.07) is 5.73. The van der Waals surface area contributed by atoms with E-state index in [9.17, 15) is 19.8 Å². The van der Waals surface area contributed by atoms with Gasteiger partial charge in [0.15, 0.2) is 11.3 Å². The molecule has 0 aliphatic rings. The lowest BCUT2D eigenvalue weighted by Crippen LogP contribution is -2.15. The normalized spacial score (nSPS) is 11.0. The average molecular weight is 339 g/mol. The number of allylic oxidation sites excluding steroid dienone is 2. The van der Waals surface area contributed by atoms with E-state index < -0.39 is 11.3 Å². The lowest BCUT2D eigenvalue weighted by molar-refractivity contribution is 0.0999. The number of hydrogen-bond donors (Lipinski definition) is 3. The molecule has 0 saturated heterocycles. The van der Waals surface area contributed by atoms with Gasteiger partial charge < -0.3 is 20.4 Å². The molecule has 3 rings (SSSR count). The van der Waals surface area contributed by atoms with E-state index in [1.165, 1.54) is 24.3 Å². The van der Waals surface area contributed by atoms with Gasteiger partial charge in [0.25, 0.3) is 0 Å². The summed E-state index contributed by atoms with van der Waals surface area (Å²) in [6.07, 6.45) is 2.07. The molecule has 0 aliphatic carbocycles. The lowest BCUT2D eigenvalue weighted by Gasteiger charge is -2.11. The van der Waals surface area contributed by atoms with Crippen LogP contribution in [0.5, 0.6) is 11.5 Å². The molecular formula is C19H17NO5. The van der Waals surface area contributed by atoms with Crippen molar-refractivity contribution in [3.63, 3.8) is 0 Å². The molecule has 0 fully saturated rings. The van der Waals surface area contributed by atoms with Crippen molar-refractivity contribution in [3.05, 3.63) is 57.3 Å². The molecule has 1 heterocycles. The number of hydrogen-bond acceptors (Lipinski definition) is 5. The van der Waals surface area contributed by atoms with Crippen molar-refractivity contribution in [1.82, 2.24) is 0 Å². The van der Waals surface area contributed by atoms with Crippen molar-refractivity contribution in [2.24, 2.45) is 5.73 Å². The molecule has 6 heteroatoms. The van der Waals surface area contributed by atoms with Crippen molar-refractivity contribution in [1.29, 1.82) is 0 Å². The van der Waals surface area contributed by atoms with E-state index >= 15 is 0 Å². The number of fused-ring (bicyclic) bond motifs is 2. The summed E-state index contributed by atoms with van der Waals surface area (Å²) in [5.74, 6) is -1.28. The van der Waals surface area contributed by atoms with Crippen LogP contribution < -0.4 is 11.2 Å². The number of para-hydroxylation sites is 1. The standard InChI is InChI=1S/C19H17NO5/c1-9(2)6-7-10-12(19(20)24)8-14-15(16(10)22)17(23)11-4-3-5-13(21)18(11)25-14/h3-6,8,21-22H,7H2,1-2H3,(H2,20,24). The molecule has 1 amide bonds. The number of amides is 1. The van der Waals surface area contributed by atoms with Gasteiger partial charge in [0.2, 0.25) is 11.3 Å². The molecule has 1 aromatic heterocycles. The van der Waals surface area contributed by atoms with Gasteiger partial charge in [-0.05, 0) is 38.5 Å². The molecule has 4 N–H and O–H groups in total. The van der Waals surface area contributed by atoms with Crippen LogP contribution in [-0.4, -0.2) is 16.1 Å². The average Bonchev–Trinajstić information content (AvgIpc) is 2.54. The van der Waals surface area contributed by atoms with E-state index in [0.29, 0.717) is 0 Å². The maximum atomic E-state index is 12.8. The van der Waals surface area contributed by atoms with E-state index in [0.717, 1.165) is 5.57 Å². The fourth-order valence-corrected chi connectivity index (χ4v) is 2.77. The first kappa shape index (κ1) is 16.6. The van der Waals surface area contributed by atoms with Crippen LogP contribution in [0.25, 0.3) is 21.9 Å². The number of phenols is 2. The van der Waals surface area contributed by atoms with E-state index in [1.54, 1.807) is 0 Å². The Balaban J connectivity index is 2.47. The van der Waals surface area contributed by atoms with E-state index in [1.807, 2.05) is 19.9 Å². The largest absolute Gasteiger partial charge is 0.507 e. The van der Waals surface area contributed by atoms with Crippen molar-refractivity contribution in [2.75, 3.05) is 0 Å². The van der Waals surface area contributed by atoms with Crippen LogP contribution >= 0.6 is 0 Å². The molecule has 0 spiro atoms. The predicted molar refractivity (Wildman–Crippen MR) is 95.0 cm³/mol. The van der Waals surface area contributed by atoms with Gasteiger partial charge in [0, 0.05) is 5.56 Å². The molecule has 2 aromatic carbocycles. The SMILES string of the molecule is CC(C)=CCc1c(C(N)=O)cc2oc3c(O)cccc3c(=O)c2c1O. The second kappa shape index (κ2) is 5.98. The Labute approximate surface area is 142 Å². The topological polar surface area (TPSA) is 114 Å². The minimum Gasteiger partial charge on any atom is -0.507 e. The number of phenolic OH excluding ortho intramolecular Hbond substituents is 2. The summed E-state index contributed by atoms with van der Waals surface area (Å²) < 4.78 is 5.58. The van der Waals surface area contributed by atoms with E-state index in [2.05, 4.69) is 0 Å². The summed E-state index contributed by atoms with van der Waals surface area (Å²) in [5.41, 5.74) is 6.25. The Bertz CT molecular complexity index is 1100. The molecule has 0 bridgehead atoms. The quantitative estimate of drug-likeness (QED) is 0.501. The predicted octanol–water partition coefficient (Wildman–Crippen LogP) is 2.97. The maximum absolute atomic E-state index is 12.8. The number of aromatic hydroxyl groups is 2. The molecule has 0 unspecified atom stereocenters.